The number of ketones is 1. The first-order valence-corrected chi connectivity index (χ1v) is 10.8. The number of hydrogen-bond donors (Lipinski definition) is 0. The number of benzene rings is 4. The molecule has 2 unspecified atom stereocenters. The van der Waals surface area contributed by atoms with Gasteiger partial charge in [0, 0.05) is 11.1 Å². The lowest BCUT2D eigenvalue weighted by Crippen LogP contribution is -2.06. The van der Waals surface area contributed by atoms with Crippen molar-refractivity contribution >= 4 is 5.78 Å². The summed E-state index contributed by atoms with van der Waals surface area (Å²) < 4.78 is 11.9. The molecule has 0 saturated carbocycles. The molecule has 4 rings (SSSR count). The third-order valence-corrected chi connectivity index (χ3v) is 5.40. The lowest BCUT2D eigenvalue weighted by atomic mass is 9.99. The van der Waals surface area contributed by atoms with Crippen LogP contribution in [0.4, 0.5) is 0 Å². The van der Waals surface area contributed by atoms with Crippen molar-refractivity contribution in [2.24, 2.45) is 0 Å². The summed E-state index contributed by atoms with van der Waals surface area (Å²) in [5, 5.41) is 0. The summed E-state index contributed by atoms with van der Waals surface area (Å²) in [7, 11) is 0. The molecule has 4 aromatic rings. The van der Waals surface area contributed by atoms with Crippen LogP contribution >= 0.6 is 0 Å². The van der Waals surface area contributed by atoms with Crippen LogP contribution in [-0.4, -0.2) is 5.78 Å². The van der Waals surface area contributed by atoms with Gasteiger partial charge in [-0.25, -0.2) is 0 Å². The molecule has 0 spiro atoms. The van der Waals surface area contributed by atoms with Crippen molar-refractivity contribution in [3.8, 4) is 11.5 Å². The van der Waals surface area contributed by atoms with Crippen molar-refractivity contribution in [2.45, 2.75) is 26.1 Å². The molecule has 3 heteroatoms. The van der Waals surface area contributed by atoms with E-state index in [0.29, 0.717) is 11.1 Å². The topological polar surface area (TPSA) is 35.5 Å². The van der Waals surface area contributed by atoms with Crippen molar-refractivity contribution in [1.29, 1.82) is 0 Å². The number of para-hydroxylation sites is 2. The SMILES string of the molecule is CC(Oc1ccccc1)c1ccc(C(=O)c2ccc(C(C)Oc3ccccc3)cc2)cc1. The van der Waals surface area contributed by atoms with Gasteiger partial charge in [-0.15, -0.1) is 0 Å². The fourth-order valence-corrected chi connectivity index (χ4v) is 3.52. The minimum atomic E-state index is -0.105. The molecule has 0 aliphatic heterocycles. The van der Waals surface area contributed by atoms with E-state index < -0.39 is 0 Å². The van der Waals surface area contributed by atoms with Gasteiger partial charge in [0.1, 0.15) is 23.7 Å². The van der Waals surface area contributed by atoms with Crippen LogP contribution in [0.3, 0.4) is 0 Å². The monoisotopic (exact) mass is 422 g/mol. The first kappa shape index (κ1) is 21.4. The summed E-state index contributed by atoms with van der Waals surface area (Å²) in [5.41, 5.74) is 3.35. The Morgan fingerprint density at radius 3 is 1.22 bits per heavy atom. The molecule has 0 N–H and O–H groups in total. The maximum absolute atomic E-state index is 12.9. The van der Waals surface area contributed by atoms with Gasteiger partial charge in [-0.05, 0) is 49.2 Å². The highest BCUT2D eigenvalue weighted by atomic mass is 16.5. The number of carbonyl (C=O) groups is 1. The molecule has 4 aromatic carbocycles. The smallest absolute Gasteiger partial charge is 0.193 e. The Bertz CT molecular complexity index is 1040. The van der Waals surface area contributed by atoms with E-state index in [0.717, 1.165) is 22.6 Å². The lowest BCUT2D eigenvalue weighted by Gasteiger charge is -2.16. The lowest BCUT2D eigenvalue weighted by molar-refractivity contribution is 0.103. The van der Waals surface area contributed by atoms with Gasteiger partial charge in [0.25, 0.3) is 0 Å². The van der Waals surface area contributed by atoms with Crippen molar-refractivity contribution in [3.05, 3.63) is 131 Å². The van der Waals surface area contributed by atoms with Crippen LogP contribution in [0.15, 0.2) is 109 Å². The molecule has 3 nitrogen and oxygen atoms in total. The minimum Gasteiger partial charge on any atom is -0.486 e. The molecule has 0 amide bonds. The maximum atomic E-state index is 12.9. The molecule has 2 atom stereocenters. The van der Waals surface area contributed by atoms with Crippen LogP contribution in [0.1, 0.15) is 53.1 Å². The zero-order valence-electron chi connectivity index (χ0n) is 18.3. The van der Waals surface area contributed by atoms with Gasteiger partial charge in [0.05, 0.1) is 0 Å². The molecular formula is C29H26O3. The van der Waals surface area contributed by atoms with E-state index in [1.165, 1.54) is 0 Å². The fraction of sp³-hybridized carbons (Fsp3) is 0.138. The second-order valence-corrected chi connectivity index (χ2v) is 7.72. The van der Waals surface area contributed by atoms with Crippen LogP contribution in [-0.2, 0) is 0 Å². The van der Waals surface area contributed by atoms with Gasteiger partial charge < -0.3 is 9.47 Å². The van der Waals surface area contributed by atoms with Gasteiger partial charge >= 0.3 is 0 Å². The van der Waals surface area contributed by atoms with E-state index in [9.17, 15) is 4.79 Å². The standard InChI is InChI=1S/C29H26O3/c1-21(31-27-9-5-3-6-10-27)23-13-17-25(18-14-23)29(30)26-19-15-24(16-20-26)22(2)32-28-11-7-4-8-12-28/h3-22H,1-2H3. The van der Waals surface area contributed by atoms with Crippen LogP contribution in [0.5, 0.6) is 11.5 Å². The maximum Gasteiger partial charge on any atom is 0.193 e. The molecule has 32 heavy (non-hydrogen) atoms. The first-order chi connectivity index (χ1) is 15.6. The largest absolute Gasteiger partial charge is 0.486 e. The summed E-state index contributed by atoms with van der Waals surface area (Å²) in [6.07, 6.45) is -0.209. The summed E-state index contributed by atoms with van der Waals surface area (Å²) in [4.78, 5) is 12.9. The quantitative estimate of drug-likeness (QED) is 0.282. The number of rotatable bonds is 8. The highest BCUT2D eigenvalue weighted by molar-refractivity contribution is 6.09. The first-order valence-electron chi connectivity index (χ1n) is 10.8. The van der Waals surface area contributed by atoms with Gasteiger partial charge in [-0.3, -0.25) is 4.79 Å². The van der Waals surface area contributed by atoms with E-state index >= 15 is 0 Å². The second-order valence-electron chi connectivity index (χ2n) is 7.72. The van der Waals surface area contributed by atoms with Crippen molar-refractivity contribution in [1.82, 2.24) is 0 Å². The van der Waals surface area contributed by atoms with Crippen LogP contribution < -0.4 is 9.47 Å². The Balaban J connectivity index is 1.40. The summed E-state index contributed by atoms with van der Waals surface area (Å²) in [6, 6.07) is 34.7. The average molecular weight is 423 g/mol. The van der Waals surface area contributed by atoms with Crippen molar-refractivity contribution in [3.63, 3.8) is 0 Å². The normalized spacial score (nSPS) is 12.6. The van der Waals surface area contributed by atoms with Gasteiger partial charge in [-0.1, -0.05) is 84.9 Å². The van der Waals surface area contributed by atoms with Gasteiger partial charge in [0.15, 0.2) is 5.78 Å². The third kappa shape index (κ3) is 5.25. The molecule has 0 heterocycles. The van der Waals surface area contributed by atoms with Crippen LogP contribution in [0.2, 0.25) is 0 Å². The Hall–Kier alpha value is -3.85. The minimum absolute atomic E-state index is 0.00337. The molecule has 0 saturated heterocycles. The number of carbonyl (C=O) groups excluding carboxylic acids is 1. The van der Waals surface area contributed by atoms with E-state index in [1.807, 2.05) is 123 Å². The molecule has 0 bridgehead atoms. The van der Waals surface area contributed by atoms with E-state index in [4.69, 9.17) is 9.47 Å². The van der Waals surface area contributed by atoms with E-state index in [1.54, 1.807) is 0 Å². The van der Waals surface area contributed by atoms with Crippen molar-refractivity contribution < 1.29 is 14.3 Å². The van der Waals surface area contributed by atoms with Crippen LogP contribution in [0.25, 0.3) is 0 Å². The average Bonchev–Trinajstić information content (AvgIpc) is 2.85. The predicted octanol–water partition coefficient (Wildman–Crippen LogP) is 7.20. The summed E-state index contributed by atoms with van der Waals surface area (Å²) >= 11 is 0. The number of hydrogen-bond acceptors (Lipinski definition) is 3. The third-order valence-electron chi connectivity index (χ3n) is 5.40. The van der Waals surface area contributed by atoms with Crippen molar-refractivity contribution in [2.75, 3.05) is 0 Å². The van der Waals surface area contributed by atoms with E-state index in [2.05, 4.69) is 0 Å². The van der Waals surface area contributed by atoms with Gasteiger partial charge in [-0.2, -0.15) is 0 Å². The Labute approximate surface area is 189 Å². The summed E-state index contributed by atoms with van der Waals surface area (Å²) in [5.74, 6) is 1.65. The highest BCUT2D eigenvalue weighted by Crippen LogP contribution is 2.24. The molecule has 0 radical (unpaired) electrons. The Morgan fingerprint density at radius 2 is 0.875 bits per heavy atom. The predicted molar refractivity (Wildman–Crippen MR) is 127 cm³/mol. The summed E-state index contributed by atoms with van der Waals surface area (Å²) in [6.45, 7) is 4.00. The van der Waals surface area contributed by atoms with Gasteiger partial charge in [0.2, 0.25) is 0 Å². The fourth-order valence-electron chi connectivity index (χ4n) is 3.52. The second kappa shape index (κ2) is 9.97. The zero-order valence-corrected chi connectivity index (χ0v) is 18.3. The number of ether oxygens (including phenoxy) is 2. The Morgan fingerprint density at radius 1 is 0.531 bits per heavy atom. The molecule has 0 aliphatic carbocycles. The Kier molecular flexibility index (Phi) is 6.66. The molecule has 0 aliphatic rings. The van der Waals surface area contributed by atoms with Crippen LogP contribution in [0, 0.1) is 0 Å². The zero-order chi connectivity index (χ0) is 22.3. The molecule has 0 aromatic heterocycles. The molecule has 0 fully saturated rings. The van der Waals surface area contributed by atoms with E-state index in [-0.39, 0.29) is 18.0 Å². The molecule has 160 valence electrons. The highest BCUT2D eigenvalue weighted by Gasteiger charge is 2.13. The molecular weight excluding hydrogens is 396 g/mol.